The van der Waals surface area contributed by atoms with Crippen LogP contribution in [0.3, 0.4) is 0 Å². The lowest BCUT2D eigenvalue weighted by molar-refractivity contribution is -0.223. The van der Waals surface area contributed by atoms with E-state index in [4.69, 9.17) is 58.4 Å². The Morgan fingerprint density at radius 2 is 1.13 bits per heavy atom. The summed E-state index contributed by atoms with van der Waals surface area (Å²) in [5.74, 6) is -0.856. The van der Waals surface area contributed by atoms with Crippen LogP contribution in [0.1, 0.15) is 66.5 Å². The number of rotatable bonds is 19. The number of nitrogens with zero attached hydrogens (tertiary/aromatic N) is 6. The molecule has 10 atom stereocenters. The fourth-order valence-electron chi connectivity index (χ4n) is 6.66. The highest BCUT2D eigenvalue weighted by Gasteiger charge is 2.49. The average molecular weight is 1040 g/mol. The van der Waals surface area contributed by atoms with Crippen LogP contribution in [0.4, 0.5) is 0 Å². The highest BCUT2D eigenvalue weighted by molar-refractivity contribution is 9.09. The number of nitrogens with one attached hydrogen (secondary N) is 2. The van der Waals surface area contributed by atoms with E-state index in [0.29, 0.717) is 19.0 Å². The van der Waals surface area contributed by atoms with Gasteiger partial charge in [0.1, 0.15) is 58.9 Å². The van der Waals surface area contributed by atoms with Crippen molar-refractivity contribution in [3.05, 3.63) is 80.5 Å². The quantitative estimate of drug-likeness (QED) is 0.0423. The van der Waals surface area contributed by atoms with Gasteiger partial charge in [0.25, 0.3) is 0 Å². The summed E-state index contributed by atoms with van der Waals surface area (Å²) < 4.78 is 54.5. The average Bonchev–Trinajstić information content (AvgIpc) is 3.28. The third kappa shape index (κ3) is 21.6. The van der Waals surface area contributed by atoms with Gasteiger partial charge in [-0.1, -0.05) is 50.4 Å². The van der Waals surface area contributed by atoms with E-state index in [9.17, 15) is 29.1 Å². The zero-order valence-electron chi connectivity index (χ0n) is 40.3. The monoisotopic (exact) mass is 1040 g/mol. The zero-order valence-corrected chi connectivity index (χ0v) is 41.9. The maximum atomic E-state index is 11.7. The lowest BCUT2D eigenvalue weighted by Crippen LogP contribution is -2.65. The molecule has 2 amide bonds. The third-order valence-corrected chi connectivity index (χ3v) is 9.80. The van der Waals surface area contributed by atoms with E-state index in [0.717, 1.165) is 16.9 Å². The van der Waals surface area contributed by atoms with E-state index < -0.39 is 84.9 Å². The Bertz CT molecular complexity index is 2030. The fourth-order valence-corrected chi connectivity index (χ4v) is 6.77. The second-order valence-corrected chi connectivity index (χ2v) is 16.6. The minimum Gasteiger partial charge on any atom is -0.497 e. The number of carbonyl (C=O) groups is 5. The van der Waals surface area contributed by atoms with Gasteiger partial charge in [0.2, 0.25) is 11.8 Å². The van der Waals surface area contributed by atoms with Gasteiger partial charge in [-0.2, -0.15) is 0 Å². The van der Waals surface area contributed by atoms with Crippen LogP contribution in [-0.2, 0) is 75.1 Å². The van der Waals surface area contributed by atoms with Crippen molar-refractivity contribution < 1.29 is 76.4 Å². The molecule has 0 aromatic heterocycles. The van der Waals surface area contributed by atoms with Crippen LogP contribution in [0.15, 0.2) is 58.8 Å². The molecule has 0 spiro atoms. The second-order valence-electron chi connectivity index (χ2n) is 16.0. The molecule has 69 heavy (non-hydrogen) atoms. The molecule has 2 aromatic carbocycles. The van der Waals surface area contributed by atoms with Gasteiger partial charge in [-0.3, -0.25) is 24.0 Å². The first kappa shape index (κ1) is 59.4. The van der Waals surface area contributed by atoms with Crippen LogP contribution >= 0.6 is 15.9 Å². The molecular formula is C44H63BrN8O16. The summed E-state index contributed by atoms with van der Waals surface area (Å²) in [7, 11) is 3.16. The standard InChI is InChI=1S/C20H28N4O7.C18H24N4O7.C6H11BrO2/c1-5-29-18-16(11-28-10-14-6-8-15(27-4)9-7-14)31-20(23-24-21)17(22-12(2)25)19(18)30-13(3)26;1-10(23)20-15-17(28-11(2)24)16(25)14(29-18(15)21-22-19)9-27-8-12-4-6-13(26-3)7-5-12;1-6(2,3)9-5(8)4-7/h6-9,16-20H,5,10-11H2,1-4H3,(H,22,25);4-7,14-18,25H,8-9H2,1-3H3,(H,20,23);4H2,1-3H3/t16?,17?,18-,19+,20-;14?,15?,16-,17-,18-;/m11./s1. The Morgan fingerprint density at radius 3 is 1.49 bits per heavy atom. The molecule has 24 nitrogen and oxygen atoms in total. The Hall–Kier alpha value is -5.75. The van der Waals surface area contributed by atoms with Gasteiger partial charge in [0.05, 0.1) is 40.6 Å². The Kier molecular flexibility index (Phi) is 26.4. The molecule has 2 heterocycles. The molecule has 2 fully saturated rings. The molecule has 2 aromatic rings. The van der Waals surface area contributed by atoms with Gasteiger partial charge in [-0.05, 0) is 74.1 Å². The van der Waals surface area contributed by atoms with Crippen molar-refractivity contribution in [2.24, 2.45) is 10.2 Å². The highest BCUT2D eigenvalue weighted by Crippen LogP contribution is 2.29. The fraction of sp³-hybridized carbons (Fsp3) is 0.614. The number of hydrogen-bond donors (Lipinski definition) is 3. The number of halogens is 1. The number of methoxy groups -OCH3 is 2. The largest absolute Gasteiger partial charge is 0.497 e. The van der Waals surface area contributed by atoms with Crippen molar-refractivity contribution >= 4 is 45.7 Å². The summed E-state index contributed by atoms with van der Waals surface area (Å²) >= 11 is 2.99. The molecule has 0 radical (unpaired) electrons. The lowest BCUT2D eigenvalue weighted by atomic mass is 9.95. The van der Waals surface area contributed by atoms with Crippen LogP contribution in [0.2, 0.25) is 0 Å². The van der Waals surface area contributed by atoms with E-state index in [1.165, 1.54) is 27.7 Å². The van der Waals surface area contributed by atoms with Crippen molar-refractivity contribution in [1.82, 2.24) is 10.6 Å². The van der Waals surface area contributed by atoms with E-state index in [-0.39, 0.29) is 36.7 Å². The molecule has 2 aliphatic heterocycles. The SMILES string of the molecule is CC(C)(C)OC(=O)CBr.CCO[C@@H]1C(COCc2ccc(OC)cc2)O[C@@H](N=[N+]=[N-])C(NC(C)=O)[C@@H]1OC(C)=O.COc1ccc(COCC2O[C@@H](N=[N+]=[N-])C(NC(C)=O)[C@@H](OC(C)=O)[C@@H]2O)cc1. The van der Waals surface area contributed by atoms with Crippen molar-refractivity contribution in [3.8, 4) is 11.5 Å². The number of hydrogen-bond acceptors (Lipinski definition) is 18. The first-order chi connectivity index (χ1) is 32.7. The van der Waals surface area contributed by atoms with Crippen LogP contribution < -0.4 is 20.1 Å². The number of ether oxygens (including phenoxy) is 10. The van der Waals surface area contributed by atoms with Crippen LogP contribution in [-0.4, -0.2) is 141 Å². The molecule has 4 rings (SSSR count). The summed E-state index contributed by atoms with van der Waals surface area (Å²) in [5.41, 5.74) is 19.2. The second kappa shape index (κ2) is 30.7. The molecule has 25 heteroatoms. The first-order valence-corrected chi connectivity index (χ1v) is 22.6. The number of alkyl halides is 1. The Labute approximate surface area is 408 Å². The van der Waals surface area contributed by atoms with Gasteiger partial charge in [-0.15, -0.1) is 0 Å². The Balaban J connectivity index is 0.000000403. The topological polar surface area (TPSA) is 319 Å². The first-order valence-electron chi connectivity index (χ1n) is 21.5. The Morgan fingerprint density at radius 1 is 0.710 bits per heavy atom. The van der Waals surface area contributed by atoms with Crippen LogP contribution in [0.5, 0.6) is 11.5 Å². The van der Waals surface area contributed by atoms with E-state index in [1.54, 1.807) is 33.3 Å². The number of esters is 3. The van der Waals surface area contributed by atoms with Crippen molar-refractivity contribution in [2.45, 2.75) is 135 Å². The molecule has 0 aliphatic carbocycles. The van der Waals surface area contributed by atoms with Crippen LogP contribution in [0, 0.1) is 0 Å². The summed E-state index contributed by atoms with van der Waals surface area (Å²) in [6.07, 6.45) is -8.10. The van der Waals surface area contributed by atoms with Crippen LogP contribution in [0.25, 0.3) is 20.9 Å². The molecule has 3 N–H and O–H groups in total. The number of aliphatic hydroxyl groups excluding tert-OH is 1. The van der Waals surface area contributed by atoms with E-state index in [1.807, 2.05) is 57.2 Å². The third-order valence-electron chi connectivity index (χ3n) is 9.34. The number of amides is 2. The molecule has 0 saturated carbocycles. The summed E-state index contributed by atoms with van der Waals surface area (Å²) in [5, 5.41) is 23.2. The summed E-state index contributed by atoms with van der Waals surface area (Å²) in [4.78, 5) is 62.5. The van der Waals surface area contributed by atoms with Gasteiger partial charge in [0.15, 0.2) is 24.7 Å². The maximum absolute atomic E-state index is 11.7. The zero-order chi connectivity index (χ0) is 51.7. The minimum atomic E-state index is -1.31. The normalized spacial score (nSPS) is 23.8. The summed E-state index contributed by atoms with van der Waals surface area (Å²) in [6.45, 7) is 13.1. The predicted octanol–water partition coefficient (Wildman–Crippen LogP) is 4.86. The molecule has 0 bridgehead atoms. The number of azide groups is 2. The van der Waals surface area contributed by atoms with E-state index >= 15 is 0 Å². The van der Waals surface area contributed by atoms with Crippen molar-refractivity contribution in [3.63, 3.8) is 0 Å². The highest BCUT2D eigenvalue weighted by atomic mass is 79.9. The van der Waals surface area contributed by atoms with Gasteiger partial charge < -0.3 is 63.1 Å². The smallest absolute Gasteiger partial charge is 0.317 e. The van der Waals surface area contributed by atoms with Gasteiger partial charge in [0, 0.05) is 44.1 Å². The molecule has 4 unspecified atom stereocenters. The molecule has 2 aliphatic rings. The van der Waals surface area contributed by atoms with Crippen molar-refractivity contribution in [2.75, 3.05) is 39.4 Å². The lowest BCUT2D eigenvalue weighted by Gasteiger charge is -2.44. The van der Waals surface area contributed by atoms with Gasteiger partial charge in [-0.25, -0.2) is 0 Å². The minimum absolute atomic E-state index is 0.0603. The van der Waals surface area contributed by atoms with Crippen molar-refractivity contribution in [1.29, 1.82) is 0 Å². The molecular weight excluding hydrogens is 976 g/mol. The molecule has 382 valence electrons. The maximum Gasteiger partial charge on any atom is 0.317 e. The number of aliphatic hydroxyl groups is 1. The number of benzene rings is 2. The predicted molar refractivity (Wildman–Crippen MR) is 248 cm³/mol. The summed E-state index contributed by atoms with van der Waals surface area (Å²) in [6, 6.07) is 12.7. The number of carbonyl (C=O) groups excluding carboxylic acids is 5. The van der Waals surface area contributed by atoms with Gasteiger partial charge >= 0.3 is 17.9 Å². The van der Waals surface area contributed by atoms with E-state index in [2.05, 4.69) is 46.6 Å². The molecule has 2 saturated heterocycles.